The summed E-state index contributed by atoms with van der Waals surface area (Å²) in [4.78, 5) is 20.1. The molecule has 1 aromatic carbocycles. The third-order valence-electron chi connectivity index (χ3n) is 4.83. The van der Waals surface area contributed by atoms with Crippen LogP contribution >= 0.6 is 0 Å². The minimum atomic E-state index is -0.346. The third-order valence-corrected chi connectivity index (χ3v) is 4.83. The summed E-state index contributed by atoms with van der Waals surface area (Å²) in [5, 5.41) is 0. The Bertz CT molecular complexity index is 710. The molecule has 0 spiro atoms. The van der Waals surface area contributed by atoms with Crippen molar-refractivity contribution in [3.05, 3.63) is 59.9 Å². The molecular weight excluding hydrogens is 318 g/mol. The molecule has 4 rings (SSSR count). The average Bonchev–Trinajstić information content (AvgIpc) is 3.15. The Morgan fingerprint density at radius 3 is 2.80 bits per heavy atom. The number of urea groups is 1. The van der Waals surface area contributed by atoms with Crippen molar-refractivity contribution in [2.75, 3.05) is 13.2 Å². The highest BCUT2D eigenvalue weighted by molar-refractivity contribution is 5.74. The van der Waals surface area contributed by atoms with Gasteiger partial charge in [0.15, 0.2) is 6.29 Å². The molecule has 1 N–H and O–H groups in total. The molecule has 6 nitrogen and oxygen atoms in total. The maximum Gasteiger partial charge on any atom is 0.342 e. The summed E-state index contributed by atoms with van der Waals surface area (Å²) < 4.78 is 7.71. The highest BCUT2D eigenvalue weighted by atomic mass is 16.8. The second-order valence-corrected chi connectivity index (χ2v) is 6.45. The zero-order valence-corrected chi connectivity index (χ0v) is 14.1. The van der Waals surface area contributed by atoms with Crippen LogP contribution in [0.15, 0.2) is 48.7 Å². The molecule has 2 aliphatic heterocycles. The lowest BCUT2D eigenvalue weighted by Crippen LogP contribution is -2.48. The number of aromatic nitrogens is 1. The molecular formula is C19H23N3O3. The van der Waals surface area contributed by atoms with Gasteiger partial charge in [-0.3, -0.25) is 0 Å². The number of benzene rings is 1. The molecule has 2 aromatic rings. The average molecular weight is 341 g/mol. The minimum absolute atomic E-state index is 0.124. The molecule has 2 atom stereocenters. The maximum atomic E-state index is 12.8. The number of carbonyl (C=O) groups excluding carboxylic acids is 1. The monoisotopic (exact) mass is 341 g/mol. The van der Waals surface area contributed by atoms with Crippen LogP contribution < -0.4 is 5.48 Å². The van der Waals surface area contributed by atoms with Crippen molar-refractivity contribution in [3.8, 4) is 0 Å². The number of hydroxylamine groups is 1. The molecule has 0 saturated carbocycles. The molecule has 2 aliphatic rings. The van der Waals surface area contributed by atoms with Gasteiger partial charge in [0, 0.05) is 38.0 Å². The normalized spacial score (nSPS) is 23.1. The molecule has 2 amide bonds. The quantitative estimate of drug-likeness (QED) is 0.873. The molecule has 1 saturated heterocycles. The smallest absolute Gasteiger partial charge is 0.342 e. The predicted octanol–water partition coefficient (Wildman–Crippen LogP) is 3.06. The summed E-state index contributed by atoms with van der Waals surface area (Å²) in [7, 11) is 0. The van der Waals surface area contributed by atoms with Gasteiger partial charge in [0.05, 0.1) is 6.04 Å². The predicted molar refractivity (Wildman–Crippen MR) is 92.6 cm³/mol. The van der Waals surface area contributed by atoms with E-state index in [9.17, 15) is 4.79 Å². The summed E-state index contributed by atoms with van der Waals surface area (Å²) >= 11 is 0. The van der Waals surface area contributed by atoms with E-state index in [0.717, 1.165) is 37.1 Å². The van der Waals surface area contributed by atoms with E-state index in [1.807, 2.05) is 29.2 Å². The van der Waals surface area contributed by atoms with Crippen molar-refractivity contribution in [1.29, 1.82) is 0 Å². The Morgan fingerprint density at radius 1 is 1.12 bits per heavy atom. The van der Waals surface area contributed by atoms with E-state index in [0.29, 0.717) is 13.2 Å². The lowest BCUT2D eigenvalue weighted by molar-refractivity contribution is -0.188. The lowest BCUT2D eigenvalue weighted by Gasteiger charge is -2.37. The topological polar surface area (TPSA) is 55.7 Å². The van der Waals surface area contributed by atoms with Crippen molar-refractivity contribution in [2.45, 2.75) is 38.1 Å². The SMILES string of the molecule is O=C(NO[C@H]1CCCCO1)N1CCn2cccc2[C@H]1c1ccccc1. The Labute approximate surface area is 147 Å². The zero-order chi connectivity index (χ0) is 17.1. The van der Waals surface area contributed by atoms with E-state index in [4.69, 9.17) is 9.57 Å². The zero-order valence-electron chi connectivity index (χ0n) is 14.1. The summed E-state index contributed by atoms with van der Waals surface area (Å²) in [5.74, 6) is 0. The highest BCUT2D eigenvalue weighted by Crippen LogP contribution is 2.32. The second-order valence-electron chi connectivity index (χ2n) is 6.45. The van der Waals surface area contributed by atoms with E-state index in [-0.39, 0.29) is 18.4 Å². The number of amides is 2. The van der Waals surface area contributed by atoms with Crippen molar-refractivity contribution in [2.24, 2.45) is 0 Å². The fraction of sp³-hybridized carbons (Fsp3) is 0.421. The van der Waals surface area contributed by atoms with E-state index < -0.39 is 0 Å². The van der Waals surface area contributed by atoms with Gasteiger partial charge >= 0.3 is 6.03 Å². The molecule has 132 valence electrons. The molecule has 25 heavy (non-hydrogen) atoms. The van der Waals surface area contributed by atoms with E-state index >= 15 is 0 Å². The fourth-order valence-corrected chi connectivity index (χ4v) is 3.57. The molecule has 3 heterocycles. The first-order chi connectivity index (χ1) is 12.3. The summed E-state index contributed by atoms with van der Waals surface area (Å²) in [6.45, 7) is 2.09. The van der Waals surface area contributed by atoms with Crippen molar-refractivity contribution >= 4 is 6.03 Å². The van der Waals surface area contributed by atoms with Crippen LogP contribution in [0.25, 0.3) is 0 Å². The number of nitrogens with zero attached hydrogens (tertiary/aromatic N) is 2. The van der Waals surface area contributed by atoms with Crippen LogP contribution in [-0.4, -0.2) is 34.9 Å². The number of hydrogen-bond donors (Lipinski definition) is 1. The van der Waals surface area contributed by atoms with Crippen molar-refractivity contribution < 1.29 is 14.4 Å². The molecule has 0 radical (unpaired) electrons. The van der Waals surface area contributed by atoms with E-state index in [2.05, 4.69) is 34.4 Å². The fourth-order valence-electron chi connectivity index (χ4n) is 3.57. The van der Waals surface area contributed by atoms with Gasteiger partial charge in [-0.05, 0) is 30.5 Å². The Morgan fingerprint density at radius 2 is 2.00 bits per heavy atom. The lowest BCUT2D eigenvalue weighted by atomic mass is 10.0. The van der Waals surface area contributed by atoms with Gasteiger partial charge in [-0.1, -0.05) is 30.3 Å². The van der Waals surface area contributed by atoms with Gasteiger partial charge in [0.2, 0.25) is 0 Å². The summed E-state index contributed by atoms with van der Waals surface area (Å²) in [6.07, 6.45) is 4.64. The van der Waals surface area contributed by atoms with Crippen LogP contribution in [0.5, 0.6) is 0 Å². The number of nitrogens with one attached hydrogen (secondary N) is 1. The number of ether oxygens (including phenoxy) is 1. The molecule has 1 aromatic heterocycles. The van der Waals surface area contributed by atoms with Crippen LogP contribution in [0.1, 0.15) is 36.6 Å². The minimum Gasteiger partial charge on any atom is -0.350 e. The largest absolute Gasteiger partial charge is 0.350 e. The first-order valence-electron chi connectivity index (χ1n) is 8.87. The van der Waals surface area contributed by atoms with E-state index in [1.54, 1.807) is 0 Å². The summed E-state index contributed by atoms with van der Waals surface area (Å²) in [5.41, 5.74) is 4.80. The number of hydrogen-bond acceptors (Lipinski definition) is 3. The first kappa shape index (κ1) is 16.2. The van der Waals surface area contributed by atoms with Crippen LogP contribution in [0.3, 0.4) is 0 Å². The van der Waals surface area contributed by atoms with E-state index in [1.165, 1.54) is 0 Å². The molecule has 1 fully saturated rings. The molecule has 0 aliphatic carbocycles. The van der Waals surface area contributed by atoms with Crippen LogP contribution in [0, 0.1) is 0 Å². The van der Waals surface area contributed by atoms with Gasteiger partial charge in [-0.2, -0.15) is 0 Å². The highest BCUT2D eigenvalue weighted by Gasteiger charge is 2.32. The standard InChI is InChI=1S/C19H23N3O3/c23-19(20-25-17-10-4-5-14-24-17)22-13-12-21-11-6-9-16(21)18(22)15-7-2-1-3-8-15/h1-3,6-9,11,17-18H,4-5,10,12-14H2,(H,20,23)/t17-,18+/m0/s1. The Hall–Kier alpha value is -2.31. The van der Waals surface area contributed by atoms with Crippen molar-refractivity contribution in [3.63, 3.8) is 0 Å². The van der Waals surface area contributed by atoms with Gasteiger partial charge in [0.1, 0.15) is 0 Å². The van der Waals surface area contributed by atoms with Gasteiger partial charge < -0.3 is 14.2 Å². The Balaban J connectivity index is 1.52. The van der Waals surface area contributed by atoms with Crippen LogP contribution in [0.4, 0.5) is 4.79 Å². The molecule has 0 bridgehead atoms. The van der Waals surface area contributed by atoms with Gasteiger partial charge in [-0.25, -0.2) is 15.1 Å². The third kappa shape index (κ3) is 3.41. The second kappa shape index (κ2) is 7.29. The first-order valence-corrected chi connectivity index (χ1v) is 8.87. The molecule has 6 heteroatoms. The van der Waals surface area contributed by atoms with Crippen LogP contribution in [0.2, 0.25) is 0 Å². The number of carbonyl (C=O) groups is 1. The number of fused-ring (bicyclic) bond motifs is 1. The molecule has 0 unspecified atom stereocenters. The van der Waals surface area contributed by atoms with Crippen LogP contribution in [-0.2, 0) is 16.1 Å². The van der Waals surface area contributed by atoms with Gasteiger partial charge in [-0.15, -0.1) is 0 Å². The summed E-state index contributed by atoms with van der Waals surface area (Å²) in [6, 6.07) is 13.8. The maximum absolute atomic E-state index is 12.8. The Kier molecular flexibility index (Phi) is 4.72. The van der Waals surface area contributed by atoms with Gasteiger partial charge in [0.25, 0.3) is 0 Å². The van der Waals surface area contributed by atoms with Crippen molar-refractivity contribution in [1.82, 2.24) is 14.9 Å². The number of rotatable bonds is 3.